The van der Waals surface area contributed by atoms with Crippen LogP contribution < -0.4 is 0 Å². The van der Waals surface area contributed by atoms with Gasteiger partial charge in [-0.05, 0) is 30.7 Å². The second-order valence-corrected chi connectivity index (χ2v) is 6.15. The van der Waals surface area contributed by atoms with Crippen molar-refractivity contribution >= 4 is 35.1 Å². The highest BCUT2D eigenvalue weighted by Gasteiger charge is 2.19. The molecular formula is C21H20ClFN2O4. The van der Waals surface area contributed by atoms with Gasteiger partial charge in [0.05, 0.1) is 18.3 Å². The maximum absolute atomic E-state index is 13.9. The number of hydrogen-bond acceptors (Lipinski definition) is 6. The third kappa shape index (κ3) is 5.89. The summed E-state index contributed by atoms with van der Waals surface area (Å²) in [5.41, 5.74) is 2.08. The SMILES string of the molecule is CON=C(C(=O)OC)c1ccccc1CON=C/C=C(\C)c1c(F)cccc1Cl. The number of esters is 1. The smallest absolute Gasteiger partial charge is 0.360 e. The summed E-state index contributed by atoms with van der Waals surface area (Å²) in [5.74, 6) is -1.05. The lowest BCUT2D eigenvalue weighted by Gasteiger charge is -2.09. The zero-order valence-corrected chi connectivity index (χ0v) is 16.9. The quantitative estimate of drug-likeness (QED) is 0.356. The summed E-state index contributed by atoms with van der Waals surface area (Å²) in [7, 11) is 2.59. The largest absolute Gasteiger partial charge is 0.464 e. The number of halogens is 2. The van der Waals surface area contributed by atoms with Gasteiger partial charge in [0.2, 0.25) is 0 Å². The van der Waals surface area contributed by atoms with Crippen LogP contribution in [0.3, 0.4) is 0 Å². The molecule has 6 nitrogen and oxygen atoms in total. The van der Waals surface area contributed by atoms with Gasteiger partial charge in [-0.3, -0.25) is 0 Å². The number of benzene rings is 2. The van der Waals surface area contributed by atoms with Crippen LogP contribution >= 0.6 is 11.6 Å². The average Bonchev–Trinajstić information content (AvgIpc) is 2.71. The summed E-state index contributed by atoms with van der Waals surface area (Å²) in [4.78, 5) is 22.0. The van der Waals surface area contributed by atoms with Crippen LogP contribution in [0.4, 0.5) is 4.39 Å². The van der Waals surface area contributed by atoms with Crippen molar-refractivity contribution < 1.29 is 23.6 Å². The number of oxime groups is 2. The Morgan fingerprint density at radius 3 is 2.62 bits per heavy atom. The average molecular weight is 419 g/mol. The van der Waals surface area contributed by atoms with Crippen LogP contribution in [0.5, 0.6) is 0 Å². The maximum Gasteiger partial charge on any atom is 0.360 e. The first-order chi connectivity index (χ1) is 14.0. The van der Waals surface area contributed by atoms with Gasteiger partial charge in [-0.15, -0.1) is 0 Å². The molecule has 0 saturated heterocycles. The van der Waals surface area contributed by atoms with E-state index in [4.69, 9.17) is 26.0 Å². The number of methoxy groups -OCH3 is 1. The zero-order valence-electron chi connectivity index (χ0n) is 16.2. The monoisotopic (exact) mass is 418 g/mol. The second kappa shape index (κ2) is 11.0. The first kappa shape index (κ1) is 22.1. The van der Waals surface area contributed by atoms with Gasteiger partial charge >= 0.3 is 5.97 Å². The molecule has 0 N–H and O–H groups in total. The van der Waals surface area contributed by atoms with Crippen molar-refractivity contribution in [3.8, 4) is 0 Å². The number of rotatable bonds is 8. The predicted octanol–water partition coefficient (Wildman–Crippen LogP) is 4.61. The van der Waals surface area contributed by atoms with Crippen LogP contribution in [0.2, 0.25) is 5.02 Å². The number of allylic oxidation sites excluding steroid dienone is 2. The van der Waals surface area contributed by atoms with E-state index in [9.17, 15) is 9.18 Å². The van der Waals surface area contributed by atoms with Crippen LogP contribution in [0.15, 0.2) is 58.9 Å². The summed E-state index contributed by atoms with van der Waals surface area (Å²) in [6.07, 6.45) is 2.98. The van der Waals surface area contributed by atoms with Crippen molar-refractivity contribution in [1.29, 1.82) is 0 Å². The second-order valence-electron chi connectivity index (χ2n) is 5.75. The Balaban J connectivity index is 2.11. The van der Waals surface area contributed by atoms with E-state index in [0.29, 0.717) is 27.3 Å². The molecule has 2 aromatic carbocycles. The van der Waals surface area contributed by atoms with E-state index >= 15 is 0 Å². The van der Waals surface area contributed by atoms with Crippen LogP contribution in [0.25, 0.3) is 5.57 Å². The van der Waals surface area contributed by atoms with Crippen molar-refractivity contribution in [2.75, 3.05) is 14.2 Å². The third-order valence-electron chi connectivity index (χ3n) is 3.87. The highest BCUT2D eigenvalue weighted by Crippen LogP contribution is 2.25. The Kier molecular flexibility index (Phi) is 8.36. The van der Waals surface area contributed by atoms with Gasteiger partial charge in [-0.1, -0.05) is 52.2 Å². The molecule has 0 radical (unpaired) electrons. The van der Waals surface area contributed by atoms with Gasteiger partial charge in [0.25, 0.3) is 0 Å². The summed E-state index contributed by atoms with van der Waals surface area (Å²) < 4.78 is 18.7. The lowest BCUT2D eigenvalue weighted by Crippen LogP contribution is -2.19. The van der Waals surface area contributed by atoms with E-state index in [1.165, 1.54) is 26.5 Å². The van der Waals surface area contributed by atoms with Crippen LogP contribution in [0, 0.1) is 5.82 Å². The molecule has 0 fully saturated rings. The van der Waals surface area contributed by atoms with Crippen LogP contribution in [-0.4, -0.2) is 32.1 Å². The Labute approximate surface area is 173 Å². The molecule has 0 spiro atoms. The first-order valence-electron chi connectivity index (χ1n) is 8.54. The highest BCUT2D eigenvalue weighted by molar-refractivity contribution is 6.43. The Morgan fingerprint density at radius 1 is 1.17 bits per heavy atom. The number of nitrogens with zero attached hydrogens (tertiary/aromatic N) is 2. The van der Waals surface area contributed by atoms with Crippen molar-refractivity contribution in [3.05, 3.63) is 76.1 Å². The van der Waals surface area contributed by atoms with Crippen LogP contribution in [0.1, 0.15) is 23.6 Å². The first-order valence-corrected chi connectivity index (χ1v) is 8.91. The standard InChI is InChI=1S/C21H20ClFN2O4/c1-14(19-17(22)9-6-10-18(19)23)11-12-24-29-13-15-7-4-5-8-16(15)20(25-28-3)21(26)27-2/h4-12H,13H2,1-3H3/b14-11+,24-12?,25-20?. The summed E-state index contributed by atoms with van der Waals surface area (Å²) in [6.45, 7) is 1.79. The summed E-state index contributed by atoms with van der Waals surface area (Å²) in [5, 5.41) is 7.90. The van der Waals surface area contributed by atoms with E-state index < -0.39 is 11.8 Å². The maximum atomic E-state index is 13.9. The van der Waals surface area contributed by atoms with Gasteiger partial charge < -0.3 is 14.4 Å². The minimum atomic E-state index is -0.636. The fourth-order valence-corrected chi connectivity index (χ4v) is 2.82. The Hall–Kier alpha value is -3.19. The lowest BCUT2D eigenvalue weighted by atomic mass is 10.0. The van der Waals surface area contributed by atoms with E-state index in [1.54, 1.807) is 49.4 Å². The van der Waals surface area contributed by atoms with Crippen molar-refractivity contribution in [1.82, 2.24) is 0 Å². The van der Waals surface area contributed by atoms with Crippen molar-refractivity contribution in [2.45, 2.75) is 13.5 Å². The molecule has 0 atom stereocenters. The van der Waals surface area contributed by atoms with Crippen LogP contribution in [-0.2, 0) is 25.8 Å². The summed E-state index contributed by atoms with van der Waals surface area (Å²) in [6, 6.07) is 11.5. The number of carbonyl (C=O) groups is 1. The number of ether oxygens (including phenoxy) is 1. The normalized spacial score (nSPS) is 12.2. The molecule has 0 aliphatic rings. The molecule has 0 aliphatic heterocycles. The molecule has 0 aliphatic carbocycles. The molecule has 0 unspecified atom stereocenters. The van der Waals surface area contributed by atoms with Gasteiger partial charge in [-0.2, -0.15) is 0 Å². The van der Waals surface area contributed by atoms with Gasteiger partial charge in [0.1, 0.15) is 19.5 Å². The molecule has 0 saturated carbocycles. The molecule has 152 valence electrons. The minimum Gasteiger partial charge on any atom is -0.464 e. The van der Waals surface area contributed by atoms with Gasteiger partial charge in [0, 0.05) is 16.7 Å². The number of hydrogen-bond donors (Lipinski definition) is 0. The minimum absolute atomic E-state index is 0.0168. The third-order valence-corrected chi connectivity index (χ3v) is 4.19. The van der Waals surface area contributed by atoms with Gasteiger partial charge in [0.15, 0.2) is 5.71 Å². The zero-order chi connectivity index (χ0) is 21.2. The lowest BCUT2D eigenvalue weighted by molar-refractivity contribution is -0.132. The predicted molar refractivity (Wildman–Crippen MR) is 110 cm³/mol. The molecular weight excluding hydrogens is 399 g/mol. The Morgan fingerprint density at radius 2 is 1.93 bits per heavy atom. The Bertz CT molecular complexity index is 937. The van der Waals surface area contributed by atoms with E-state index in [-0.39, 0.29) is 12.3 Å². The fraction of sp³-hybridized carbons (Fsp3) is 0.190. The van der Waals surface area contributed by atoms with E-state index in [2.05, 4.69) is 10.3 Å². The van der Waals surface area contributed by atoms with Crippen molar-refractivity contribution in [2.24, 2.45) is 10.3 Å². The molecule has 0 amide bonds. The summed E-state index contributed by atoms with van der Waals surface area (Å²) >= 11 is 6.04. The number of carbonyl (C=O) groups excluding carboxylic acids is 1. The molecule has 0 heterocycles. The topological polar surface area (TPSA) is 69.5 Å². The molecule has 2 rings (SSSR count). The van der Waals surface area contributed by atoms with Gasteiger partial charge in [-0.25, -0.2) is 9.18 Å². The van der Waals surface area contributed by atoms with Crippen molar-refractivity contribution in [3.63, 3.8) is 0 Å². The molecule has 29 heavy (non-hydrogen) atoms. The molecule has 2 aromatic rings. The molecule has 8 heteroatoms. The molecule has 0 bridgehead atoms. The van der Waals surface area contributed by atoms with E-state index in [0.717, 1.165) is 0 Å². The highest BCUT2D eigenvalue weighted by atomic mass is 35.5. The fourth-order valence-electron chi connectivity index (χ4n) is 2.51. The van der Waals surface area contributed by atoms with E-state index in [1.807, 2.05) is 0 Å². The molecule has 0 aromatic heterocycles.